The summed E-state index contributed by atoms with van der Waals surface area (Å²) in [5.74, 6) is 1.33. The average Bonchev–Trinajstić information content (AvgIpc) is 2.47. The number of nitrogens with zero attached hydrogens (tertiary/aromatic N) is 1. The Kier molecular flexibility index (Phi) is 4.99. The Morgan fingerprint density at radius 3 is 2.50 bits per heavy atom. The third-order valence-electron chi connectivity index (χ3n) is 3.30. The molecule has 0 atom stereocenters. The fraction of sp³-hybridized carbons (Fsp3) is 0.294. The number of aromatic nitrogens is 1. The van der Waals surface area contributed by atoms with Crippen molar-refractivity contribution in [1.82, 2.24) is 4.98 Å². The van der Waals surface area contributed by atoms with Crippen LogP contribution in [0.3, 0.4) is 0 Å². The van der Waals surface area contributed by atoms with E-state index in [1.165, 1.54) is 0 Å². The molecule has 0 fully saturated rings. The van der Waals surface area contributed by atoms with Gasteiger partial charge < -0.3 is 10.5 Å². The van der Waals surface area contributed by atoms with Crippen LogP contribution >= 0.6 is 0 Å². The summed E-state index contributed by atoms with van der Waals surface area (Å²) in [6, 6.07) is 7.70. The molecule has 5 nitrogen and oxygen atoms in total. The van der Waals surface area contributed by atoms with E-state index in [1.807, 2.05) is 24.3 Å². The van der Waals surface area contributed by atoms with Gasteiger partial charge in [-0.1, -0.05) is 13.8 Å². The Bertz CT molecular complexity index is 653. The van der Waals surface area contributed by atoms with Crippen molar-refractivity contribution in [2.45, 2.75) is 26.9 Å². The Labute approximate surface area is 130 Å². The molecule has 22 heavy (non-hydrogen) atoms. The van der Waals surface area contributed by atoms with Gasteiger partial charge in [0.25, 0.3) is 5.84 Å². The number of amidine groups is 1. The van der Waals surface area contributed by atoms with Gasteiger partial charge in [-0.15, -0.1) is 0 Å². The Balaban J connectivity index is 2.28. The molecule has 0 spiro atoms. The van der Waals surface area contributed by atoms with Crippen LogP contribution < -0.4 is 21.6 Å². The second-order valence-electron chi connectivity index (χ2n) is 5.75. The van der Waals surface area contributed by atoms with Gasteiger partial charge in [-0.2, -0.15) is 0 Å². The highest BCUT2D eigenvalue weighted by molar-refractivity contribution is 5.99. The van der Waals surface area contributed by atoms with Crippen molar-refractivity contribution >= 4 is 11.5 Å². The van der Waals surface area contributed by atoms with Crippen LogP contribution in [-0.2, 0) is 13.0 Å². The summed E-state index contributed by atoms with van der Waals surface area (Å²) in [5, 5.41) is 5.74. The van der Waals surface area contributed by atoms with E-state index in [1.54, 1.807) is 12.4 Å². The van der Waals surface area contributed by atoms with Gasteiger partial charge in [0.2, 0.25) is 0 Å². The van der Waals surface area contributed by atoms with Gasteiger partial charge in [-0.05, 0) is 47.7 Å². The number of nitrogens with two attached hydrogens (primary N) is 3. The maximum Gasteiger partial charge on any atom is 0.272 e. The van der Waals surface area contributed by atoms with Crippen LogP contribution in [0.4, 0.5) is 5.69 Å². The predicted molar refractivity (Wildman–Crippen MR) is 88.2 cm³/mol. The highest BCUT2D eigenvalue weighted by Crippen LogP contribution is 2.29. The van der Waals surface area contributed by atoms with Crippen molar-refractivity contribution in [3.8, 4) is 5.75 Å². The minimum atomic E-state index is 0.205. The first-order valence-electron chi connectivity index (χ1n) is 7.29. The molecular formula is C17H23N4O+. The van der Waals surface area contributed by atoms with Crippen LogP contribution in [0.15, 0.2) is 36.7 Å². The van der Waals surface area contributed by atoms with Crippen molar-refractivity contribution in [1.29, 1.82) is 0 Å². The molecular weight excluding hydrogens is 276 g/mol. The normalized spacial score (nSPS) is 10.7. The van der Waals surface area contributed by atoms with Crippen LogP contribution in [0.2, 0.25) is 0 Å². The lowest BCUT2D eigenvalue weighted by Crippen LogP contribution is -2.46. The molecule has 1 aromatic carbocycles. The molecule has 1 aromatic heterocycles. The molecule has 1 heterocycles. The number of benzene rings is 1. The molecule has 5 heteroatoms. The van der Waals surface area contributed by atoms with Gasteiger partial charge in [0.05, 0.1) is 11.3 Å². The topological polar surface area (TPSA) is 99.8 Å². The van der Waals surface area contributed by atoms with Crippen molar-refractivity contribution in [3.05, 3.63) is 53.3 Å². The number of rotatable bonds is 6. The van der Waals surface area contributed by atoms with E-state index in [0.29, 0.717) is 29.5 Å². The number of hydrogen-bond acceptors (Lipinski definition) is 3. The lowest BCUT2D eigenvalue weighted by atomic mass is 9.99. The van der Waals surface area contributed by atoms with Gasteiger partial charge in [0, 0.05) is 12.4 Å². The largest absolute Gasteiger partial charge is 0.487 e. The number of hydrogen-bond donors (Lipinski definition) is 3. The molecule has 0 aliphatic heterocycles. The lowest BCUT2D eigenvalue weighted by molar-refractivity contribution is -0.114. The molecule has 0 radical (unpaired) electrons. The molecule has 0 unspecified atom stereocenters. The lowest BCUT2D eigenvalue weighted by Gasteiger charge is -2.14. The molecule has 2 aromatic rings. The molecule has 6 N–H and O–H groups in total. The van der Waals surface area contributed by atoms with E-state index in [-0.39, 0.29) is 5.84 Å². The number of anilines is 1. The minimum Gasteiger partial charge on any atom is -0.487 e. The van der Waals surface area contributed by atoms with Gasteiger partial charge in [-0.3, -0.25) is 16.1 Å². The highest BCUT2D eigenvalue weighted by Gasteiger charge is 2.15. The van der Waals surface area contributed by atoms with E-state index in [9.17, 15) is 0 Å². The summed E-state index contributed by atoms with van der Waals surface area (Å²) in [4.78, 5) is 3.99. The van der Waals surface area contributed by atoms with Crippen LogP contribution in [0.25, 0.3) is 0 Å². The number of pyridine rings is 1. The fourth-order valence-corrected chi connectivity index (χ4v) is 2.27. The molecule has 0 saturated heterocycles. The molecule has 2 rings (SSSR count). The van der Waals surface area contributed by atoms with Crippen LogP contribution in [0.1, 0.15) is 30.5 Å². The molecule has 0 saturated carbocycles. The van der Waals surface area contributed by atoms with Gasteiger partial charge in [0.1, 0.15) is 12.4 Å². The van der Waals surface area contributed by atoms with Crippen molar-refractivity contribution in [2.75, 3.05) is 5.73 Å². The van der Waals surface area contributed by atoms with Crippen LogP contribution in [-0.4, -0.2) is 10.8 Å². The van der Waals surface area contributed by atoms with E-state index < -0.39 is 0 Å². The van der Waals surface area contributed by atoms with E-state index in [4.69, 9.17) is 21.6 Å². The number of ether oxygens (including phenoxy) is 1. The molecule has 0 amide bonds. The number of nitrogen functional groups attached to an aromatic ring is 1. The molecule has 0 bridgehead atoms. The smallest absolute Gasteiger partial charge is 0.272 e. The third-order valence-corrected chi connectivity index (χ3v) is 3.30. The van der Waals surface area contributed by atoms with Crippen molar-refractivity contribution in [3.63, 3.8) is 0 Å². The zero-order valence-corrected chi connectivity index (χ0v) is 13.0. The standard InChI is InChI=1S/C17H22N4O/c1-11(2)7-13-8-14(17(19)20)16(18)15(9-13)22-10-12-3-5-21-6-4-12/h3-6,8-9,11H,7,10,18H2,1-2H3,(H3,19,20)/p+1. The van der Waals surface area contributed by atoms with Crippen LogP contribution in [0.5, 0.6) is 5.75 Å². The maximum atomic E-state index is 6.13. The zero-order chi connectivity index (χ0) is 16.1. The van der Waals surface area contributed by atoms with Gasteiger partial charge in [0.15, 0.2) is 0 Å². The Morgan fingerprint density at radius 1 is 1.23 bits per heavy atom. The quantitative estimate of drug-likeness (QED) is 0.419. The minimum absolute atomic E-state index is 0.205. The molecule has 0 aliphatic carbocycles. The van der Waals surface area contributed by atoms with Gasteiger partial charge in [-0.25, -0.2) is 0 Å². The van der Waals surface area contributed by atoms with Crippen molar-refractivity contribution in [2.24, 2.45) is 11.7 Å². The summed E-state index contributed by atoms with van der Waals surface area (Å²) in [6.07, 6.45) is 4.37. The monoisotopic (exact) mass is 299 g/mol. The second-order valence-corrected chi connectivity index (χ2v) is 5.75. The average molecular weight is 299 g/mol. The first kappa shape index (κ1) is 15.8. The van der Waals surface area contributed by atoms with E-state index >= 15 is 0 Å². The SMILES string of the molecule is CC(C)Cc1cc(OCc2ccncc2)c(N)c(C(N)=[NH2+])c1. The van der Waals surface area contributed by atoms with Crippen molar-refractivity contribution < 1.29 is 10.1 Å². The maximum absolute atomic E-state index is 6.13. The fourth-order valence-electron chi connectivity index (χ4n) is 2.27. The van der Waals surface area contributed by atoms with Gasteiger partial charge >= 0.3 is 0 Å². The highest BCUT2D eigenvalue weighted by atomic mass is 16.5. The first-order chi connectivity index (χ1) is 10.5. The Hall–Kier alpha value is -2.56. The summed E-state index contributed by atoms with van der Waals surface area (Å²) < 4.78 is 5.86. The second kappa shape index (κ2) is 6.93. The summed E-state index contributed by atoms with van der Waals surface area (Å²) in [7, 11) is 0. The summed E-state index contributed by atoms with van der Waals surface area (Å²) >= 11 is 0. The first-order valence-corrected chi connectivity index (χ1v) is 7.29. The summed E-state index contributed by atoms with van der Waals surface area (Å²) in [5.41, 5.74) is 15.1. The predicted octanol–water partition coefficient (Wildman–Crippen LogP) is 0.906. The third kappa shape index (κ3) is 3.97. The zero-order valence-electron chi connectivity index (χ0n) is 13.0. The molecule has 116 valence electrons. The van der Waals surface area contributed by atoms with E-state index in [0.717, 1.165) is 17.5 Å². The summed E-state index contributed by atoms with van der Waals surface area (Å²) in [6.45, 7) is 4.73. The molecule has 0 aliphatic rings. The van der Waals surface area contributed by atoms with E-state index in [2.05, 4.69) is 18.8 Å². The van der Waals surface area contributed by atoms with Crippen LogP contribution in [0, 0.1) is 5.92 Å². The Morgan fingerprint density at radius 2 is 1.91 bits per heavy atom.